The summed E-state index contributed by atoms with van der Waals surface area (Å²) in [4.78, 5) is 29.3. The maximum Gasteiger partial charge on any atom is 0.226 e. The first-order valence-corrected chi connectivity index (χ1v) is 9.20. The van der Waals surface area contributed by atoms with E-state index in [2.05, 4.69) is 21.9 Å². The van der Waals surface area contributed by atoms with Gasteiger partial charge in [0.25, 0.3) is 0 Å². The van der Waals surface area contributed by atoms with Gasteiger partial charge in [-0.2, -0.15) is 0 Å². The summed E-state index contributed by atoms with van der Waals surface area (Å²) in [5.74, 6) is 0.973. The van der Waals surface area contributed by atoms with E-state index in [-0.39, 0.29) is 17.9 Å². The van der Waals surface area contributed by atoms with Gasteiger partial charge in [-0.3, -0.25) is 9.78 Å². The van der Waals surface area contributed by atoms with Crippen molar-refractivity contribution in [2.75, 3.05) is 24.6 Å². The van der Waals surface area contributed by atoms with Gasteiger partial charge in [0.1, 0.15) is 12.4 Å². The zero-order chi connectivity index (χ0) is 18.8. The van der Waals surface area contributed by atoms with Crippen molar-refractivity contribution in [2.24, 2.45) is 5.92 Å². The van der Waals surface area contributed by atoms with E-state index < -0.39 is 5.82 Å². The lowest BCUT2D eigenvalue weighted by Gasteiger charge is -2.38. The molecular weight excluding hydrogens is 349 g/mol. The van der Waals surface area contributed by atoms with Crippen molar-refractivity contribution in [1.29, 1.82) is 0 Å². The van der Waals surface area contributed by atoms with Crippen LogP contribution < -0.4 is 9.64 Å². The van der Waals surface area contributed by atoms with Crippen LogP contribution in [0.15, 0.2) is 30.9 Å². The van der Waals surface area contributed by atoms with Gasteiger partial charge in [-0.1, -0.05) is 0 Å². The first kappa shape index (κ1) is 17.6. The zero-order valence-electron chi connectivity index (χ0n) is 15.2. The number of amides is 1. The van der Waals surface area contributed by atoms with Gasteiger partial charge in [-0.25, -0.2) is 14.4 Å². The lowest BCUT2D eigenvalue weighted by atomic mass is 9.90. The van der Waals surface area contributed by atoms with Crippen molar-refractivity contribution in [3.05, 3.63) is 42.2 Å². The third kappa shape index (κ3) is 3.70. The van der Waals surface area contributed by atoms with Crippen molar-refractivity contribution in [1.82, 2.24) is 19.9 Å². The Morgan fingerprint density at radius 3 is 2.85 bits per heavy atom. The molecule has 1 fully saturated rings. The molecular formula is C19H22FN5O2. The number of nitrogens with zero attached hydrogens (tertiary/aromatic N) is 5. The Hall–Kier alpha value is -2.77. The Bertz CT molecular complexity index is 816. The summed E-state index contributed by atoms with van der Waals surface area (Å²) in [5.41, 5.74) is 0.938. The molecule has 0 radical (unpaired) electrons. The second-order valence-electron chi connectivity index (χ2n) is 7.06. The summed E-state index contributed by atoms with van der Waals surface area (Å²) >= 11 is 0. The Balaban J connectivity index is 1.42. The van der Waals surface area contributed by atoms with E-state index in [0.717, 1.165) is 24.2 Å². The van der Waals surface area contributed by atoms with Gasteiger partial charge in [0, 0.05) is 36.5 Å². The van der Waals surface area contributed by atoms with Crippen LogP contribution in [0.25, 0.3) is 0 Å². The Kier molecular flexibility index (Phi) is 4.87. The highest BCUT2D eigenvalue weighted by Crippen LogP contribution is 2.29. The van der Waals surface area contributed by atoms with Gasteiger partial charge in [-0.05, 0) is 25.8 Å². The van der Waals surface area contributed by atoms with Crippen LogP contribution in [-0.4, -0.2) is 51.5 Å². The molecule has 2 aromatic heterocycles. The van der Waals surface area contributed by atoms with E-state index in [0.29, 0.717) is 32.2 Å². The number of aromatic nitrogens is 3. The topological polar surface area (TPSA) is 71.5 Å². The van der Waals surface area contributed by atoms with Crippen LogP contribution in [0.3, 0.4) is 0 Å². The molecule has 2 aliphatic rings. The van der Waals surface area contributed by atoms with Crippen molar-refractivity contribution in [3.63, 3.8) is 0 Å². The maximum absolute atomic E-state index is 13.1. The Morgan fingerprint density at radius 2 is 2.07 bits per heavy atom. The highest BCUT2D eigenvalue weighted by molar-refractivity contribution is 5.79. The number of pyridine rings is 1. The number of rotatable bonds is 2. The van der Waals surface area contributed by atoms with Crippen molar-refractivity contribution in [2.45, 2.75) is 32.4 Å². The molecule has 2 atom stereocenters. The molecule has 27 heavy (non-hydrogen) atoms. The molecule has 8 heteroatoms. The quantitative estimate of drug-likeness (QED) is 0.805. The summed E-state index contributed by atoms with van der Waals surface area (Å²) < 4.78 is 18.8. The van der Waals surface area contributed by atoms with Crippen molar-refractivity contribution >= 4 is 11.9 Å². The fourth-order valence-electron chi connectivity index (χ4n) is 3.82. The van der Waals surface area contributed by atoms with Crippen LogP contribution in [0.4, 0.5) is 10.3 Å². The van der Waals surface area contributed by atoms with Crippen LogP contribution in [0.5, 0.6) is 5.75 Å². The second-order valence-corrected chi connectivity index (χ2v) is 7.06. The van der Waals surface area contributed by atoms with Crippen LogP contribution in [0.1, 0.15) is 25.3 Å². The van der Waals surface area contributed by atoms with Crippen molar-refractivity contribution < 1.29 is 13.9 Å². The molecule has 2 aliphatic heterocycles. The van der Waals surface area contributed by atoms with E-state index in [9.17, 15) is 9.18 Å². The van der Waals surface area contributed by atoms with E-state index in [1.807, 2.05) is 15.9 Å². The van der Waals surface area contributed by atoms with Crippen LogP contribution in [0, 0.1) is 11.7 Å². The van der Waals surface area contributed by atoms with E-state index in [1.54, 1.807) is 12.4 Å². The molecule has 0 aromatic carbocycles. The SMILES string of the molecule is CC1CC(C(=O)N2CCOc3ccncc3C2)CCN1c1ncc(F)cn1. The molecule has 4 heterocycles. The number of ether oxygens (including phenoxy) is 1. The van der Waals surface area contributed by atoms with Gasteiger partial charge < -0.3 is 14.5 Å². The van der Waals surface area contributed by atoms with Gasteiger partial charge in [-0.15, -0.1) is 0 Å². The van der Waals surface area contributed by atoms with E-state index in [4.69, 9.17) is 4.74 Å². The standard InChI is InChI=1S/C19H22FN5O2/c1-13-8-14(3-5-25(13)19-22-10-16(20)11-23-19)18(26)24-6-7-27-17-2-4-21-9-15(17)12-24/h2,4,9-11,13-14H,3,5-8,12H2,1H3. The molecule has 0 N–H and O–H groups in total. The monoisotopic (exact) mass is 371 g/mol. The van der Waals surface area contributed by atoms with Gasteiger partial charge in [0.15, 0.2) is 5.82 Å². The number of piperidine rings is 1. The number of anilines is 1. The summed E-state index contributed by atoms with van der Waals surface area (Å²) in [5, 5.41) is 0. The molecule has 1 amide bonds. The zero-order valence-corrected chi connectivity index (χ0v) is 15.2. The largest absolute Gasteiger partial charge is 0.491 e. The van der Waals surface area contributed by atoms with E-state index >= 15 is 0 Å². The Labute approximate surface area is 157 Å². The average molecular weight is 371 g/mol. The molecule has 142 valence electrons. The lowest BCUT2D eigenvalue weighted by Crippen LogP contribution is -2.47. The number of halogens is 1. The number of hydrogen-bond acceptors (Lipinski definition) is 6. The molecule has 2 aromatic rings. The fraction of sp³-hybridized carbons (Fsp3) is 0.474. The lowest BCUT2D eigenvalue weighted by molar-refractivity contribution is -0.137. The number of carbonyl (C=O) groups excluding carboxylic acids is 1. The van der Waals surface area contributed by atoms with Crippen molar-refractivity contribution in [3.8, 4) is 5.75 Å². The van der Waals surface area contributed by atoms with E-state index in [1.165, 1.54) is 12.4 Å². The first-order valence-electron chi connectivity index (χ1n) is 9.20. The van der Waals surface area contributed by atoms with Crippen LogP contribution in [-0.2, 0) is 11.3 Å². The normalized spacial score (nSPS) is 22.6. The minimum atomic E-state index is -0.449. The highest BCUT2D eigenvalue weighted by atomic mass is 19.1. The highest BCUT2D eigenvalue weighted by Gasteiger charge is 2.34. The molecule has 0 bridgehead atoms. The average Bonchev–Trinajstić information content (AvgIpc) is 2.90. The molecule has 0 aliphatic carbocycles. The van der Waals surface area contributed by atoms with Gasteiger partial charge >= 0.3 is 0 Å². The fourth-order valence-corrected chi connectivity index (χ4v) is 3.82. The smallest absolute Gasteiger partial charge is 0.226 e. The molecule has 2 unspecified atom stereocenters. The predicted molar refractivity (Wildman–Crippen MR) is 96.7 cm³/mol. The minimum absolute atomic E-state index is 0.0464. The number of carbonyl (C=O) groups is 1. The van der Waals surface area contributed by atoms with Gasteiger partial charge in [0.2, 0.25) is 11.9 Å². The summed E-state index contributed by atoms with van der Waals surface area (Å²) in [6.45, 7) is 4.31. The Morgan fingerprint density at radius 1 is 1.26 bits per heavy atom. The maximum atomic E-state index is 13.1. The van der Waals surface area contributed by atoms with Crippen LogP contribution >= 0.6 is 0 Å². The number of fused-ring (bicyclic) bond motifs is 1. The second kappa shape index (κ2) is 7.46. The molecule has 7 nitrogen and oxygen atoms in total. The molecule has 0 spiro atoms. The first-order chi connectivity index (χ1) is 13.1. The van der Waals surface area contributed by atoms with Crippen LogP contribution in [0.2, 0.25) is 0 Å². The third-order valence-electron chi connectivity index (χ3n) is 5.24. The minimum Gasteiger partial charge on any atom is -0.491 e. The number of hydrogen-bond donors (Lipinski definition) is 0. The van der Waals surface area contributed by atoms with Gasteiger partial charge in [0.05, 0.1) is 25.5 Å². The predicted octanol–water partition coefficient (Wildman–Crippen LogP) is 2.04. The molecule has 0 saturated carbocycles. The summed E-state index contributed by atoms with van der Waals surface area (Å²) in [6.07, 6.45) is 7.26. The third-order valence-corrected chi connectivity index (χ3v) is 5.24. The summed E-state index contributed by atoms with van der Waals surface area (Å²) in [7, 11) is 0. The molecule has 1 saturated heterocycles. The molecule has 4 rings (SSSR count). The summed E-state index contributed by atoms with van der Waals surface area (Å²) in [6, 6.07) is 1.95.